The van der Waals surface area contributed by atoms with Gasteiger partial charge in [-0.2, -0.15) is 9.97 Å². The number of hydrogen-bond donors (Lipinski definition) is 3. The molecule has 1 saturated carbocycles. The van der Waals surface area contributed by atoms with Crippen LogP contribution in [-0.2, 0) is 0 Å². The topological polar surface area (TPSA) is 118 Å². The molecular formula is C25H24FN7O2. The molecule has 1 aliphatic carbocycles. The van der Waals surface area contributed by atoms with E-state index in [0.717, 1.165) is 53.6 Å². The van der Waals surface area contributed by atoms with Gasteiger partial charge in [0.05, 0.1) is 29.1 Å². The van der Waals surface area contributed by atoms with Crippen molar-refractivity contribution in [1.29, 1.82) is 0 Å². The van der Waals surface area contributed by atoms with Crippen molar-refractivity contribution in [1.82, 2.24) is 19.9 Å². The molecule has 1 saturated heterocycles. The van der Waals surface area contributed by atoms with Gasteiger partial charge in [-0.15, -0.1) is 0 Å². The summed E-state index contributed by atoms with van der Waals surface area (Å²) in [6.45, 7) is 1.66. The standard InChI is InChI=1S/C25H24FN7O2/c1-28-19-7-13(26)6-15-21-23(30-22(15)19)31-25(35-14-8-20-18(29-9-14)4-5-34-20)32-24(21)33-10-12-2-3-17(27)16(12)11-33/h4-9,12,16-17,28H,2-3,10-11,27H2,1H3,(H,30,31,32). The maximum Gasteiger partial charge on any atom is 0.326 e. The van der Waals surface area contributed by atoms with Gasteiger partial charge in [0, 0.05) is 43.7 Å². The fourth-order valence-electron chi connectivity index (χ4n) is 5.77. The Morgan fingerprint density at radius 1 is 1.23 bits per heavy atom. The Labute approximate surface area is 199 Å². The summed E-state index contributed by atoms with van der Waals surface area (Å²) < 4.78 is 26.0. The molecule has 0 bridgehead atoms. The highest BCUT2D eigenvalue weighted by atomic mass is 19.1. The molecule has 3 atom stereocenters. The maximum absolute atomic E-state index is 14.5. The number of nitrogens with zero attached hydrogens (tertiary/aromatic N) is 4. The predicted molar refractivity (Wildman–Crippen MR) is 131 cm³/mol. The number of benzene rings is 1. The van der Waals surface area contributed by atoms with Gasteiger partial charge >= 0.3 is 6.01 Å². The zero-order valence-corrected chi connectivity index (χ0v) is 19.1. The Morgan fingerprint density at radius 2 is 2.14 bits per heavy atom. The molecule has 178 valence electrons. The Bertz CT molecular complexity index is 1600. The summed E-state index contributed by atoms with van der Waals surface area (Å²) in [5.74, 6) is 1.81. The van der Waals surface area contributed by atoms with E-state index in [2.05, 4.69) is 25.2 Å². The van der Waals surface area contributed by atoms with E-state index >= 15 is 0 Å². The SMILES string of the molecule is CNc1cc(F)cc2c1[nH]c1nc(Oc3cnc4ccoc4c3)nc(N3CC4CCC(N)C4C3)c12. The first kappa shape index (κ1) is 20.5. The second-order valence-electron chi connectivity index (χ2n) is 9.45. The van der Waals surface area contributed by atoms with Crippen LogP contribution in [0.3, 0.4) is 0 Å². The summed E-state index contributed by atoms with van der Waals surface area (Å²) >= 11 is 0. The molecule has 2 fully saturated rings. The first-order valence-corrected chi connectivity index (χ1v) is 11.8. The van der Waals surface area contributed by atoms with Crippen molar-refractivity contribution in [3.63, 3.8) is 0 Å². The summed E-state index contributed by atoms with van der Waals surface area (Å²) in [5.41, 5.74) is 9.76. The van der Waals surface area contributed by atoms with Crippen molar-refractivity contribution in [2.75, 3.05) is 30.4 Å². The van der Waals surface area contributed by atoms with E-state index in [4.69, 9.17) is 19.9 Å². The van der Waals surface area contributed by atoms with Gasteiger partial charge in [-0.05, 0) is 36.8 Å². The fraction of sp³-hybridized carbons (Fsp3) is 0.320. The quantitative estimate of drug-likeness (QED) is 0.352. The van der Waals surface area contributed by atoms with Crippen LogP contribution in [-0.4, -0.2) is 46.1 Å². The lowest BCUT2D eigenvalue weighted by Crippen LogP contribution is -2.30. The molecule has 0 amide bonds. The molecule has 0 radical (unpaired) electrons. The smallest absolute Gasteiger partial charge is 0.326 e. The average molecular weight is 474 g/mol. The zero-order chi connectivity index (χ0) is 23.7. The van der Waals surface area contributed by atoms with Gasteiger partial charge in [0.2, 0.25) is 0 Å². The number of aromatic nitrogens is 4. The van der Waals surface area contributed by atoms with Crippen molar-refractivity contribution in [3.8, 4) is 11.8 Å². The van der Waals surface area contributed by atoms with Gasteiger partial charge in [-0.3, -0.25) is 0 Å². The van der Waals surface area contributed by atoms with Gasteiger partial charge in [0.15, 0.2) is 11.3 Å². The molecule has 4 N–H and O–H groups in total. The number of aromatic amines is 1. The molecule has 3 unspecified atom stereocenters. The first-order chi connectivity index (χ1) is 17.1. The van der Waals surface area contributed by atoms with Crippen molar-refractivity contribution in [2.24, 2.45) is 17.6 Å². The monoisotopic (exact) mass is 473 g/mol. The molecule has 9 nitrogen and oxygen atoms in total. The summed E-state index contributed by atoms with van der Waals surface area (Å²) in [7, 11) is 1.77. The molecule has 0 spiro atoms. The lowest BCUT2D eigenvalue weighted by atomic mass is 9.98. The molecule has 35 heavy (non-hydrogen) atoms. The molecule has 5 aromatic rings. The lowest BCUT2D eigenvalue weighted by molar-refractivity contribution is 0.441. The average Bonchev–Trinajstić information content (AvgIpc) is 3.62. The van der Waals surface area contributed by atoms with Crippen LogP contribution in [0.4, 0.5) is 15.9 Å². The number of furan rings is 1. The minimum atomic E-state index is -0.327. The number of hydrogen-bond acceptors (Lipinski definition) is 8. The number of halogens is 1. The summed E-state index contributed by atoms with van der Waals surface area (Å²) in [5, 5.41) is 4.57. The van der Waals surface area contributed by atoms with Crippen LogP contribution in [0.5, 0.6) is 11.8 Å². The number of nitrogens with two attached hydrogens (primary N) is 1. The van der Waals surface area contributed by atoms with E-state index in [1.54, 1.807) is 31.6 Å². The molecule has 10 heteroatoms. The Hall–Kier alpha value is -3.92. The minimum Gasteiger partial charge on any atom is -0.463 e. The molecule has 4 aromatic heterocycles. The number of nitrogens with one attached hydrogen (secondary N) is 2. The highest BCUT2D eigenvalue weighted by molar-refractivity contribution is 6.14. The first-order valence-electron chi connectivity index (χ1n) is 11.8. The number of anilines is 2. The van der Waals surface area contributed by atoms with E-state index in [-0.39, 0.29) is 17.9 Å². The number of ether oxygens (including phenoxy) is 1. The third kappa shape index (κ3) is 3.20. The van der Waals surface area contributed by atoms with Crippen LogP contribution < -0.4 is 20.7 Å². The number of rotatable bonds is 4. The van der Waals surface area contributed by atoms with Gasteiger partial charge in [0.25, 0.3) is 0 Å². The largest absolute Gasteiger partial charge is 0.463 e. The van der Waals surface area contributed by atoms with Crippen LogP contribution in [0.1, 0.15) is 12.8 Å². The van der Waals surface area contributed by atoms with Crippen LogP contribution in [0, 0.1) is 17.7 Å². The van der Waals surface area contributed by atoms with Crippen LogP contribution >= 0.6 is 0 Å². The number of fused-ring (bicyclic) bond motifs is 5. The van der Waals surface area contributed by atoms with Crippen molar-refractivity contribution in [3.05, 3.63) is 42.5 Å². The van der Waals surface area contributed by atoms with Gasteiger partial charge in [0.1, 0.15) is 22.8 Å². The molecule has 2 aliphatic rings. The summed E-state index contributed by atoms with van der Waals surface area (Å²) in [6, 6.07) is 6.91. The predicted octanol–water partition coefficient (Wildman–Crippen LogP) is 4.40. The number of pyridine rings is 1. The second kappa shape index (κ2) is 7.54. The van der Waals surface area contributed by atoms with Crippen LogP contribution in [0.15, 0.2) is 41.1 Å². The summed E-state index contributed by atoms with van der Waals surface area (Å²) in [6.07, 6.45) is 5.37. The maximum atomic E-state index is 14.5. The third-order valence-corrected chi connectivity index (χ3v) is 7.45. The van der Waals surface area contributed by atoms with Gasteiger partial charge in [-0.25, -0.2) is 9.37 Å². The van der Waals surface area contributed by atoms with E-state index < -0.39 is 0 Å². The molecule has 1 aromatic carbocycles. The zero-order valence-electron chi connectivity index (χ0n) is 19.1. The molecule has 1 aliphatic heterocycles. The third-order valence-electron chi connectivity index (χ3n) is 7.45. The highest BCUT2D eigenvalue weighted by Crippen LogP contribution is 2.43. The van der Waals surface area contributed by atoms with Crippen LogP contribution in [0.2, 0.25) is 0 Å². The Morgan fingerprint density at radius 3 is 3.00 bits per heavy atom. The summed E-state index contributed by atoms with van der Waals surface area (Å²) in [4.78, 5) is 19.4. The molecule has 7 rings (SSSR count). The minimum absolute atomic E-state index is 0.180. The fourth-order valence-corrected chi connectivity index (χ4v) is 5.77. The van der Waals surface area contributed by atoms with E-state index in [1.807, 2.05) is 0 Å². The van der Waals surface area contributed by atoms with E-state index in [0.29, 0.717) is 34.5 Å². The van der Waals surface area contributed by atoms with Gasteiger partial charge < -0.3 is 30.1 Å². The van der Waals surface area contributed by atoms with Crippen molar-refractivity contribution < 1.29 is 13.5 Å². The normalized spacial score (nSPS) is 21.9. The lowest BCUT2D eigenvalue weighted by Gasteiger charge is -2.21. The van der Waals surface area contributed by atoms with E-state index in [1.165, 1.54) is 12.1 Å². The van der Waals surface area contributed by atoms with Crippen molar-refractivity contribution in [2.45, 2.75) is 18.9 Å². The Balaban J connectivity index is 1.39. The Kier molecular flexibility index (Phi) is 4.41. The van der Waals surface area contributed by atoms with Gasteiger partial charge in [-0.1, -0.05) is 0 Å². The highest BCUT2D eigenvalue weighted by Gasteiger charge is 2.42. The number of H-pyrrole nitrogens is 1. The van der Waals surface area contributed by atoms with Crippen LogP contribution in [0.25, 0.3) is 33.0 Å². The second-order valence-corrected chi connectivity index (χ2v) is 9.45. The van der Waals surface area contributed by atoms with E-state index in [9.17, 15) is 4.39 Å². The van der Waals surface area contributed by atoms with Crippen molar-refractivity contribution >= 4 is 44.5 Å². The molecule has 5 heterocycles. The molecular weight excluding hydrogens is 449 g/mol.